The second-order valence-electron chi connectivity index (χ2n) is 9.29. The van der Waals surface area contributed by atoms with Crippen LogP contribution in [0.25, 0.3) is 17.1 Å². The van der Waals surface area contributed by atoms with E-state index in [0.717, 1.165) is 22.4 Å². The summed E-state index contributed by atoms with van der Waals surface area (Å²) >= 11 is 7.31. The average Bonchev–Trinajstić information content (AvgIpc) is 3.37. The lowest BCUT2D eigenvalue weighted by Gasteiger charge is -2.27. The quantitative estimate of drug-likeness (QED) is 0.286. The van der Waals surface area contributed by atoms with Gasteiger partial charge in [-0.1, -0.05) is 47.6 Å². The number of aromatic nitrogens is 3. The van der Waals surface area contributed by atoms with Gasteiger partial charge in [0.25, 0.3) is 0 Å². The molecule has 12 heteroatoms. The highest BCUT2D eigenvalue weighted by Crippen LogP contribution is 2.31. The maximum atomic E-state index is 13.4. The number of nitrogens with zero attached hydrogens (tertiary/aromatic N) is 4. The number of anilines is 1. The van der Waals surface area contributed by atoms with E-state index in [2.05, 4.69) is 15.5 Å². The molecular formula is C28H28ClN5O4S2. The molecule has 3 aromatic carbocycles. The molecular weight excluding hydrogens is 570 g/mol. The summed E-state index contributed by atoms with van der Waals surface area (Å²) in [5.74, 6) is 0.251. The first-order valence-corrected chi connectivity index (χ1v) is 15.4. The van der Waals surface area contributed by atoms with E-state index in [1.807, 2.05) is 54.8 Å². The molecule has 40 heavy (non-hydrogen) atoms. The Morgan fingerprint density at radius 3 is 2.48 bits per heavy atom. The molecule has 1 saturated heterocycles. The molecule has 0 atom stereocenters. The summed E-state index contributed by atoms with van der Waals surface area (Å²) in [6.45, 7) is 5.02. The Hall–Kier alpha value is -3.22. The summed E-state index contributed by atoms with van der Waals surface area (Å²) in [5, 5.41) is 12.8. The molecule has 0 spiro atoms. The number of aryl methyl sites for hydroxylation is 2. The highest BCUT2D eigenvalue weighted by molar-refractivity contribution is 7.99. The number of thioether (sulfide) groups is 1. The van der Waals surface area contributed by atoms with Crippen molar-refractivity contribution in [2.45, 2.75) is 23.9 Å². The molecule has 5 rings (SSSR count). The van der Waals surface area contributed by atoms with Gasteiger partial charge >= 0.3 is 0 Å². The predicted octanol–water partition coefficient (Wildman–Crippen LogP) is 4.96. The van der Waals surface area contributed by atoms with Crippen molar-refractivity contribution in [1.82, 2.24) is 19.1 Å². The maximum Gasteiger partial charge on any atom is 0.245 e. The van der Waals surface area contributed by atoms with Crippen molar-refractivity contribution in [1.29, 1.82) is 0 Å². The Balaban J connectivity index is 1.40. The van der Waals surface area contributed by atoms with Crippen molar-refractivity contribution in [3.05, 3.63) is 82.9 Å². The molecule has 4 aromatic rings. The molecule has 0 radical (unpaired) electrons. The Labute approximate surface area is 242 Å². The minimum atomic E-state index is -3.81. The number of hydrogen-bond acceptors (Lipinski definition) is 7. The van der Waals surface area contributed by atoms with Crippen molar-refractivity contribution in [3.8, 4) is 17.1 Å². The van der Waals surface area contributed by atoms with E-state index in [1.54, 1.807) is 30.3 Å². The fourth-order valence-corrected chi connectivity index (χ4v) is 6.88. The normalized spacial score (nSPS) is 14.3. The monoisotopic (exact) mass is 597 g/mol. The molecule has 1 N–H and O–H groups in total. The molecule has 1 aliphatic heterocycles. The van der Waals surface area contributed by atoms with E-state index in [-0.39, 0.29) is 35.3 Å². The second-order valence-corrected chi connectivity index (χ2v) is 12.6. The first-order valence-electron chi connectivity index (χ1n) is 12.6. The van der Waals surface area contributed by atoms with Gasteiger partial charge in [-0.15, -0.1) is 10.2 Å². The summed E-state index contributed by atoms with van der Waals surface area (Å²) in [4.78, 5) is 13.2. The van der Waals surface area contributed by atoms with Crippen molar-refractivity contribution in [2.75, 3.05) is 37.4 Å². The fourth-order valence-electron chi connectivity index (χ4n) is 4.37. The molecule has 0 aliphatic carbocycles. The third kappa shape index (κ3) is 6.08. The van der Waals surface area contributed by atoms with Crippen LogP contribution >= 0.6 is 23.4 Å². The van der Waals surface area contributed by atoms with Gasteiger partial charge in [-0.2, -0.15) is 4.31 Å². The van der Waals surface area contributed by atoms with Crippen LogP contribution in [-0.2, 0) is 19.6 Å². The molecule has 1 aromatic heterocycles. The Bertz CT molecular complexity index is 1630. The fraction of sp³-hybridized carbons (Fsp3) is 0.250. The SMILES string of the molecule is Cc1ccc(NC(=O)CSc2nnc(-c3ccc(Cl)cc3)n2-c2ccccc2C)c(S(=O)(=O)N2CCOCC2)c1. The van der Waals surface area contributed by atoms with Gasteiger partial charge < -0.3 is 10.1 Å². The zero-order valence-corrected chi connectivity index (χ0v) is 24.4. The molecule has 1 amide bonds. The molecule has 0 bridgehead atoms. The summed E-state index contributed by atoms with van der Waals surface area (Å²) in [6, 6.07) is 20.2. The number of para-hydroxylation sites is 1. The highest BCUT2D eigenvalue weighted by Gasteiger charge is 2.29. The van der Waals surface area contributed by atoms with E-state index >= 15 is 0 Å². The van der Waals surface area contributed by atoms with E-state index in [0.29, 0.717) is 29.2 Å². The number of carbonyl (C=O) groups excluding carboxylic acids is 1. The summed E-state index contributed by atoms with van der Waals surface area (Å²) < 4.78 is 35.4. The maximum absolute atomic E-state index is 13.4. The van der Waals surface area contributed by atoms with Gasteiger partial charge in [-0.25, -0.2) is 8.42 Å². The van der Waals surface area contributed by atoms with Crippen molar-refractivity contribution >= 4 is 45.0 Å². The second kappa shape index (κ2) is 12.1. The third-order valence-corrected chi connectivity index (χ3v) is 9.54. The van der Waals surface area contributed by atoms with E-state index < -0.39 is 10.0 Å². The molecule has 1 aliphatic rings. The average molecular weight is 598 g/mol. The van der Waals surface area contributed by atoms with Gasteiger partial charge in [0.15, 0.2) is 11.0 Å². The van der Waals surface area contributed by atoms with Gasteiger partial charge in [0.05, 0.1) is 30.3 Å². The number of sulfonamides is 1. The molecule has 1 fully saturated rings. The molecule has 208 valence electrons. The molecule has 2 heterocycles. The lowest BCUT2D eigenvalue weighted by molar-refractivity contribution is -0.113. The zero-order valence-electron chi connectivity index (χ0n) is 22.0. The van der Waals surface area contributed by atoms with Gasteiger partial charge in [-0.05, 0) is 67.4 Å². The van der Waals surface area contributed by atoms with Crippen LogP contribution < -0.4 is 5.32 Å². The van der Waals surface area contributed by atoms with Crippen LogP contribution in [0.2, 0.25) is 5.02 Å². The van der Waals surface area contributed by atoms with Crippen LogP contribution in [0.5, 0.6) is 0 Å². The van der Waals surface area contributed by atoms with E-state index in [4.69, 9.17) is 16.3 Å². The summed E-state index contributed by atoms with van der Waals surface area (Å²) in [5.41, 5.74) is 3.75. The lowest BCUT2D eigenvalue weighted by Crippen LogP contribution is -2.41. The van der Waals surface area contributed by atoms with Crippen LogP contribution in [0.4, 0.5) is 5.69 Å². The standard InChI is InChI=1S/C28H28ClN5O4S2/c1-19-7-12-23(25(17-19)40(36,37)33-13-15-38-16-14-33)30-26(35)18-39-28-32-31-27(21-8-10-22(29)11-9-21)34(28)24-6-4-3-5-20(24)2/h3-12,17H,13-16,18H2,1-2H3,(H,30,35). The smallest absolute Gasteiger partial charge is 0.245 e. The summed E-state index contributed by atoms with van der Waals surface area (Å²) in [7, 11) is -3.81. The number of amides is 1. The lowest BCUT2D eigenvalue weighted by atomic mass is 10.1. The van der Waals surface area contributed by atoms with Gasteiger partial charge in [-0.3, -0.25) is 9.36 Å². The Kier molecular flexibility index (Phi) is 8.57. The molecule has 9 nitrogen and oxygen atoms in total. The van der Waals surface area contributed by atoms with Crippen LogP contribution in [0.1, 0.15) is 11.1 Å². The first kappa shape index (κ1) is 28.3. The minimum absolute atomic E-state index is 0.00441. The highest BCUT2D eigenvalue weighted by atomic mass is 35.5. The minimum Gasteiger partial charge on any atom is -0.379 e. The van der Waals surface area contributed by atoms with E-state index in [1.165, 1.54) is 16.1 Å². The van der Waals surface area contributed by atoms with Crippen LogP contribution in [0, 0.1) is 13.8 Å². The molecule has 0 unspecified atom stereocenters. The number of ether oxygens (including phenoxy) is 1. The van der Waals surface area contributed by atoms with Crippen molar-refractivity contribution < 1.29 is 17.9 Å². The van der Waals surface area contributed by atoms with Crippen LogP contribution in [-0.4, -0.2) is 65.5 Å². The van der Waals surface area contributed by atoms with Crippen LogP contribution in [0.15, 0.2) is 76.8 Å². The van der Waals surface area contributed by atoms with Gasteiger partial charge in [0.2, 0.25) is 15.9 Å². The number of nitrogens with one attached hydrogen (secondary N) is 1. The van der Waals surface area contributed by atoms with Gasteiger partial charge in [0.1, 0.15) is 4.90 Å². The number of morpholine rings is 1. The summed E-state index contributed by atoms with van der Waals surface area (Å²) in [6.07, 6.45) is 0. The Morgan fingerprint density at radius 1 is 1.02 bits per heavy atom. The number of carbonyl (C=O) groups is 1. The molecule has 0 saturated carbocycles. The van der Waals surface area contributed by atoms with Crippen molar-refractivity contribution in [2.24, 2.45) is 0 Å². The number of rotatable bonds is 8. The Morgan fingerprint density at radius 2 is 1.75 bits per heavy atom. The zero-order chi connectivity index (χ0) is 28.3. The van der Waals surface area contributed by atoms with Crippen LogP contribution in [0.3, 0.4) is 0 Å². The van der Waals surface area contributed by atoms with Crippen molar-refractivity contribution in [3.63, 3.8) is 0 Å². The number of hydrogen-bond donors (Lipinski definition) is 1. The van der Waals surface area contributed by atoms with E-state index in [9.17, 15) is 13.2 Å². The largest absolute Gasteiger partial charge is 0.379 e. The third-order valence-electron chi connectivity index (χ3n) is 6.42. The first-order chi connectivity index (χ1) is 19.2. The number of benzene rings is 3. The van der Waals surface area contributed by atoms with Gasteiger partial charge in [0, 0.05) is 23.7 Å². The number of halogens is 1. The predicted molar refractivity (Wildman–Crippen MR) is 157 cm³/mol. The topological polar surface area (TPSA) is 106 Å².